The Morgan fingerprint density at radius 2 is 2.08 bits per heavy atom. The maximum atomic E-state index is 6.40. The highest BCUT2D eigenvalue weighted by Crippen LogP contribution is 2.51. The van der Waals surface area contributed by atoms with Crippen molar-refractivity contribution in [3.63, 3.8) is 0 Å². The van der Waals surface area contributed by atoms with Crippen LogP contribution in [-0.4, -0.2) is 17.9 Å². The fourth-order valence-electron chi connectivity index (χ4n) is 3.72. The number of allylic oxidation sites excluding steroid dienone is 1. The van der Waals surface area contributed by atoms with E-state index in [1.807, 2.05) is 24.3 Å². The molecule has 1 saturated carbocycles. The molecule has 0 N–H and O–H groups in total. The number of hydrogen-bond acceptors (Lipinski definition) is 2. The molecule has 24 heavy (non-hydrogen) atoms. The average Bonchev–Trinajstić information content (AvgIpc) is 3.41. The summed E-state index contributed by atoms with van der Waals surface area (Å²) in [5, 5.41) is 0.767. The number of ether oxygens (including phenoxy) is 1. The molecular weight excluding hydrogens is 318 g/mol. The largest absolute Gasteiger partial charge is 0.374 e. The summed E-state index contributed by atoms with van der Waals surface area (Å²) in [5.41, 5.74) is 4.66. The lowest BCUT2D eigenvalue weighted by molar-refractivity contribution is -0.0713. The molecule has 0 heterocycles. The van der Waals surface area contributed by atoms with Crippen LogP contribution in [0, 0.1) is 5.92 Å². The lowest BCUT2D eigenvalue weighted by atomic mass is 9.80. The van der Waals surface area contributed by atoms with Crippen LogP contribution in [0.1, 0.15) is 64.9 Å². The zero-order chi connectivity index (χ0) is 17.2. The predicted octanol–water partition coefficient (Wildman–Crippen LogP) is 6.18. The molecule has 1 unspecified atom stereocenters. The fourth-order valence-corrected chi connectivity index (χ4v) is 4.00. The van der Waals surface area contributed by atoms with Gasteiger partial charge in [0, 0.05) is 35.0 Å². The summed E-state index contributed by atoms with van der Waals surface area (Å²) in [7, 11) is 0. The van der Waals surface area contributed by atoms with Gasteiger partial charge >= 0.3 is 0 Å². The first-order valence-corrected chi connectivity index (χ1v) is 9.56. The number of benzene rings is 1. The Labute approximate surface area is 151 Å². The van der Waals surface area contributed by atoms with E-state index < -0.39 is 0 Å². The monoisotopic (exact) mass is 345 g/mol. The maximum absolute atomic E-state index is 6.40. The van der Waals surface area contributed by atoms with Crippen molar-refractivity contribution in [1.82, 2.24) is 0 Å². The average molecular weight is 346 g/mol. The fraction of sp³-hybridized carbons (Fsp3) is 0.571. The van der Waals surface area contributed by atoms with Crippen LogP contribution in [-0.2, 0) is 4.74 Å². The van der Waals surface area contributed by atoms with E-state index >= 15 is 0 Å². The van der Waals surface area contributed by atoms with E-state index in [4.69, 9.17) is 21.3 Å². The van der Waals surface area contributed by atoms with Crippen LogP contribution in [0.15, 0.2) is 40.5 Å². The van der Waals surface area contributed by atoms with Crippen molar-refractivity contribution < 1.29 is 4.74 Å². The minimum Gasteiger partial charge on any atom is -0.374 e. The highest BCUT2D eigenvalue weighted by molar-refractivity contribution is 6.34. The summed E-state index contributed by atoms with van der Waals surface area (Å²) in [4.78, 5) is 4.99. The molecule has 3 rings (SSSR count). The lowest BCUT2D eigenvalue weighted by Crippen LogP contribution is -2.38. The van der Waals surface area contributed by atoms with Crippen LogP contribution in [0.4, 0.5) is 0 Å². The molecule has 0 aromatic heterocycles. The molecule has 0 amide bonds. The van der Waals surface area contributed by atoms with Gasteiger partial charge < -0.3 is 4.74 Å². The predicted molar refractivity (Wildman–Crippen MR) is 102 cm³/mol. The molecule has 2 nitrogen and oxygen atoms in total. The van der Waals surface area contributed by atoms with Crippen LogP contribution in [0.2, 0.25) is 5.02 Å². The molecule has 2 aliphatic rings. The molecule has 1 aromatic carbocycles. The quantitative estimate of drug-likeness (QED) is 0.564. The number of nitrogens with zero attached hydrogens (tertiary/aromatic N) is 1. The third-order valence-corrected chi connectivity index (χ3v) is 5.69. The number of aliphatic imine (C=N–C) groups is 1. The molecule has 3 heteroatoms. The molecule has 1 atom stereocenters. The third-order valence-electron chi connectivity index (χ3n) is 5.36. The molecule has 130 valence electrons. The molecule has 0 radical (unpaired) electrons. The van der Waals surface area contributed by atoms with Crippen LogP contribution < -0.4 is 0 Å². The Hall–Kier alpha value is -1.12. The Morgan fingerprint density at radius 3 is 2.75 bits per heavy atom. The van der Waals surface area contributed by atoms with E-state index in [0.29, 0.717) is 0 Å². The van der Waals surface area contributed by atoms with E-state index in [1.54, 1.807) is 0 Å². The van der Waals surface area contributed by atoms with Gasteiger partial charge in [-0.15, -0.1) is 0 Å². The van der Waals surface area contributed by atoms with Crippen LogP contribution in [0.25, 0.3) is 0 Å². The van der Waals surface area contributed by atoms with Crippen LogP contribution in [0.3, 0.4) is 0 Å². The molecule has 0 spiro atoms. The zero-order valence-corrected chi connectivity index (χ0v) is 15.8. The summed E-state index contributed by atoms with van der Waals surface area (Å²) in [6.07, 6.45) is 6.88. The molecule has 2 aliphatic carbocycles. The Bertz CT molecular complexity index is 660. The van der Waals surface area contributed by atoms with E-state index in [0.717, 1.165) is 54.5 Å². The van der Waals surface area contributed by atoms with E-state index in [9.17, 15) is 0 Å². The highest BCUT2D eigenvalue weighted by atomic mass is 35.5. The molecule has 0 bridgehead atoms. The second kappa shape index (κ2) is 7.41. The van der Waals surface area contributed by atoms with Crippen molar-refractivity contribution in [1.29, 1.82) is 0 Å². The Balaban J connectivity index is 1.86. The molecule has 0 aliphatic heterocycles. The lowest BCUT2D eigenvalue weighted by Gasteiger charge is -2.38. The Kier molecular flexibility index (Phi) is 5.46. The van der Waals surface area contributed by atoms with Crippen molar-refractivity contribution in [3.05, 3.63) is 46.1 Å². The minimum absolute atomic E-state index is 0.0229. The first-order chi connectivity index (χ1) is 11.6. The summed E-state index contributed by atoms with van der Waals surface area (Å²) in [6.45, 7) is 7.32. The zero-order valence-electron chi connectivity index (χ0n) is 15.1. The van der Waals surface area contributed by atoms with Gasteiger partial charge in [-0.1, -0.05) is 42.3 Å². The first-order valence-electron chi connectivity index (χ1n) is 9.18. The molecular formula is C21H28ClNO. The standard InChI is InChI=1S/C21H28ClNO/c1-4-13-24-21(17-9-10-17)12-11-15(2)20(14-21)23-16(3)18-7-5-6-8-19(18)22/h5-8,17H,4,9-14H2,1-3H3. The second-order valence-corrected chi connectivity index (χ2v) is 7.68. The van der Waals surface area contributed by atoms with Crippen molar-refractivity contribution in [2.45, 2.75) is 64.9 Å². The molecule has 1 aromatic rings. The van der Waals surface area contributed by atoms with Gasteiger partial charge in [-0.3, -0.25) is 4.99 Å². The molecule has 0 saturated heterocycles. The molecule has 1 fully saturated rings. The number of rotatable bonds is 6. The van der Waals surface area contributed by atoms with Crippen molar-refractivity contribution in [3.8, 4) is 0 Å². The van der Waals surface area contributed by atoms with Gasteiger partial charge in [0.25, 0.3) is 0 Å². The van der Waals surface area contributed by atoms with E-state index in [-0.39, 0.29) is 5.60 Å². The van der Waals surface area contributed by atoms with Gasteiger partial charge in [-0.25, -0.2) is 0 Å². The normalized spacial score (nSPS) is 25.2. The van der Waals surface area contributed by atoms with Gasteiger partial charge in [0.15, 0.2) is 0 Å². The summed E-state index contributed by atoms with van der Waals surface area (Å²) in [5.74, 6) is 0.725. The highest BCUT2D eigenvalue weighted by Gasteiger charge is 2.48. The third kappa shape index (κ3) is 3.75. The Morgan fingerprint density at radius 1 is 1.33 bits per heavy atom. The summed E-state index contributed by atoms with van der Waals surface area (Å²) in [6, 6.07) is 7.95. The van der Waals surface area contributed by atoms with Gasteiger partial charge in [0.1, 0.15) is 0 Å². The first kappa shape index (κ1) is 17.7. The minimum atomic E-state index is 0.0229. The topological polar surface area (TPSA) is 21.6 Å². The van der Waals surface area contributed by atoms with Gasteiger partial charge in [0.2, 0.25) is 0 Å². The van der Waals surface area contributed by atoms with E-state index in [1.165, 1.54) is 24.1 Å². The van der Waals surface area contributed by atoms with Crippen LogP contribution in [0.5, 0.6) is 0 Å². The smallest absolute Gasteiger partial charge is 0.0768 e. The number of hydrogen-bond donors (Lipinski definition) is 0. The SMILES string of the molecule is CCCOC1(C2CC2)CCC(C)=C(N=C(C)c2ccccc2Cl)C1. The second-order valence-electron chi connectivity index (χ2n) is 7.27. The van der Waals surface area contributed by atoms with Crippen molar-refractivity contribution in [2.75, 3.05) is 6.61 Å². The van der Waals surface area contributed by atoms with Crippen molar-refractivity contribution >= 4 is 17.3 Å². The van der Waals surface area contributed by atoms with Crippen molar-refractivity contribution in [2.24, 2.45) is 10.9 Å². The summed E-state index contributed by atoms with van der Waals surface area (Å²) >= 11 is 6.34. The number of halogens is 1. The van der Waals surface area contributed by atoms with Gasteiger partial charge in [-0.05, 0) is 57.9 Å². The summed E-state index contributed by atoms with van der Waals surface area (Å²) < 4.78 is 6.40. The van der Waals surface area contributed by atoms with E-state index in [2.05, 4.69) is 20.8 Å². The van der Waals surface area contributed by atoms with Gasteiger partial charge in [0.05, 0.1) is 5.60 Å². The van der Waals surface area contributed by atoms with Crippen LogP contribution >= 0.6 is 11.6 Å². The van der Waals surface area contributed by atoms with Gasteiger partial charge in [-0.2, -0.15) is 0 Å². The maximum Gasteiger partial charge on any atom is 0.0768 e.